The van der Waals surface area contributed by atoms with Crippen LogP contribution in [0.4, 0.5) is 0 Å². The highest BCUT2D eigenvalue weighted by Crippen LogP contribution is 2.65. The minimum atomic E-state index is -0.215. The average Bonchev–Trinajstić information content (AvgIpc) is 3.66. The maximum Gasteiger partial charge on any atom is 0.254 e. The summed E-state index contributed by atoms with van der Waals surface area (Å²) >= 11 is 0. The lowest BCUT2D eigenvalue weighted by molar-refractivity contribution is -0.140. The minimum Gasteiger partial charge on any atom is -0.489 e. The first kappa shape index (κ1) is 19.7. The van der Waals surface area contributed by atoms with E-state index in [1.54, 1.807) is 6.21 Å². The topological polar surface area (TPSA) is 59.0 Å². The van der Waals surface area contributed by atoms with Gasteiger partial charge < -0.3 is 4.74 Å². The van der Waals surface area contributed by atoms with Crippen LogP contribution in [-0.4, -0.2) is 23.0 Å². The van der Waals surface area contributed by atoms with Crippen LogP contribution in [0.3, 0.4) is 0 Å². The van der Waals surface area contributed by atoms with E-state index in [-0.39, 0.29) is 35.5 Å². The summed E-state index contributed by atoms with van der Waals surface area (Å²) in [6.45, 7) is 0.479. The highest BCUT2D eigenvalue weighted by molar-refractivity contribution is 6.06. The summed E-state index contributed by atoms with van der Waals surface area (Å²) < 4.78 is 6.01. The number of hydrogen-bond donors (Lipinski definition) is 0. The molecule has 6 atom stereocenters. The van der Waals surface area contributed by atoms with E-state index in [4.69, 9.17) is 4.74 Å². The van der Waals surface area contributed by atoms with E-state index in [9.17, 15) is 9.59 Å². The summed E-state index contributed by atoms with van der Waals surface area (Å²) in [6.07, 6.45) is 7.11. The van der Waals surface area contributed by atoms with Gasteiger partial charge in [0.05, 0.1) is 18.1 Å². The van der Waals surface area contributed by atoms with Crippen LogP contribution in [0.1, 0.15) is 17.5 Å². The molecule has 0 unspecified atom stereocenters. The monoisotopic (exact) mass is 448 g/mol. The second-order valence-electron chi connectivity index (χ2n) is 9.88. The van der Waals surface area contributed by atoms with Gasteiger partial charge in [-0.05, 0) is 76.3 Å². The van der Waals surface area contributed by atoms with Crippen molar-refractivity contribution in [3.05, 3.63) is 90.0 Å². The zero-order valence-corrected chi connectivity index (χ0v) is 18.6. The number of nitrogens with zero attached hydrogens (tertiary/aromatic N) is 2. The van der Waals surface area contributed by atoms with Crippen LogP contribution in [-0.2, 0) is 16.2 Å². The number of benzene rings is 3. The van der Waals surface area contributed by atoms with Gasteiger partial charge in [-0.15, -0.1) is 0 Å². The third-order valence-corrected chi connectivity index (χ3v) is 8.12. The lowest BCUT2D eigenvalue weighted by atomic mass is 9.63. The first-order valence-electron chi connectivity index (χ1n) is 12.0. The minimum absolute atomic E-state index is 0.133. The number of hydrogen-bond acceptors (Lipinski definition) is 4. The van der Waals surface area contributed by atoms with Crippen LogP contribution in [0.5, 0.6) is 5.75 Å². The van der Waals surface area contributed by atoms with Crippen molar-refractivity contribution >= 4 is 28.8 Å². The van der Waals surface area contributed by atoms with Crippen molar-refractivity contribution in [1.82, 2.24) is 5.01 Å². The number of fused-ring (bicyclic) bond motifs is 1. The largest absolute Gasteiger partial charge is 0.489 e. The van der Waals surface area contributed by atoms with Crippen LogP contribution < -0.4 is 4.74 Å². The Labute approximate surface area is 197 Å². The Morgan fingerprint density at radius 2 is 1.53 bits per heavy atom. The number of rotatable bonds is 5. The van der Waals surface area contributed by atoms with Gasteiger partial charge in [0.15, 0.2) is 0 Å². The molecule has 34 heavy (non-hydrogen) atoms. The summed E-state index contributed by atoms with van der Waals surface area (Å²) in [5.41, 5.74) is 1.95. The van der Waals surface area contributed by atoms with Gasteiger partial charge in [0.2, 0.25) is 0 Å². The first-order chi connectivity index (χ1) is 16.7. The highest BCUT2D eigenvalue weighted by atomic mass is 16.5. The number of ether oxygens (including phenoxy) is 1. The summed E-state index contributed by atoms with van der Waals surface area (Å²) in [5, 5.41) is 7.82. The Bertz CT molecular complexity index is 1330. The predicted octanol–water partition coefficient (Wildman–Crippen LogP) is 4.81. The molecule has 1 saturated heterocycles. The summed E-state index contributed by atoms with van der Waals surface area (Å²) in [6, 6.07) is 22.1. The van der Waals surface area contributed by atoms with Gasteiger partial charge in [-0.2, -0.15) is 10.1 Å². The quantitative estimate of drug-likeness (QED) is 0.320. The van der Waals surface area contributed by atoms with E-state index < -0.39 is 0 Å². The van der Waals surface area contributed by atoms with Crippen molar-refractivity contribution in [1.29, 1.82) is 0 Å². The van der Waals surface area contributed by atoms with Gasteiger partial charge in [-0.25, -0.2) is 0 Å². The molecule has 0 radical (unpaired) electrons. The van der Waals surface area contributed by atoms with E-state index in [1.807, 2.05) is 42.5 Å². The molecular formula is C29H24N2O3. The maximum absolute atomic E-state index is 13.0. The molecule has 3 aromatic rings. The Morgan fingerprint density at radius 3 is 2.26 bits per heavy atom. The fourth-order valence-electron chi connectivity index (χ4n) is 6.41. The molecule has 5 heteroatoms. The molecule has 168 valence electrons. The van der Waals surface area contributed by atoms with Gasteiger partial charge >= 0.3 is 0 Å². The van der Waals surface area contributed by atoms with E-state index >= 15 is 0 Å². The maximum atomic E-state index is 13.0. The van der Waals surface area contributed by atoms with Gasteiger partial charge in [0.25, 0.3) is 11.8 Å². The lowest BCUT2D eigenvalue weighted by Crippen LogP contribution is -2.40. The predicted molar refractivity (Wildman–Crippen MR) is 129 cm³/mol. The highest BCUT2D eigenvalue weighted by Gasteiger charge is 2.67. The summed E-state index contributed by atoms with van der Waals surface area (Å²) in [7, 11) is 0. The zero-order valence-electron chi connectivity index (χ0n) is 18.6. The molecule has 1 aliphatic heterocycles. The molecule has 5 nitrogen and oxygen atoms in total. The first-order valence-corrected chi connectivity index (χ1v) is 12.0. The normalized spacial score (nSPS) is 30.8. The third-order valence-electron chi connectivity index (χ3n) is 8.12. The van der Waals surface area contributed by atoms with Gasteiger partial charge in [0.1, 0.15) is 12.4 Å². The van der Waals surface area contributed by atoms with Gasteiger partial charge in [-0.1, -0.05) is 54.6 Å². The Balaban J connectivity index is 1.04. The molecule has 2 bridgehead atoms. The number of carbonyl (C=O) groups is 2. The summed E-state index contributed by atoms with van der Waals surface area (Å²) in [4.78, 5) is 26.1. The molecule has 0 N–H and O–H groups in total. The molecule has 2 saturated carbocycles. The molecule has 0 aromatic heterocycles. The van der Waals surface area contributed by atoms with Crippen molar-refractivity contribution in [3.8, 4) is 5.75 Å². The molecule has 3 fully saturated rings. The zero-order chi connectivity index (χ0) is 22.8. The van der Waals surface area contributed by atoms with Crippen LogP contribution in [0.2, 0.25) is 0 Å². The SMILES string of the molecule is O=C1[C@@H]2[C@@H]3C=C[C@H]([C@@H]4C[C@H]34)[C@@H]2C(=O)N1/N=C\c1ccc(OCc2cccc3ccccc23)cc1. The van der Waals surface area contributed by atoms with Crippen LogP contribution in [0.25, 0.3) is 10.8 Å². The smallest absolute Gasteiger partial charge is 0.254 e. The van der Waals surface area contributed by atoms with Gasteiger partial charge in [-0.3, -0.25) is 9.59 Å². The van der Waals surface area contributed by atoms with Gasteiger partial charge in [0, 0.05) is 0 Å². The van der Waals surface area contributed by atoms with Crippen LogP contribution in [0.15, 0.2) is 84.0 Å². The Kier molecular flexibility index (Phi) is 4.28. The van der Waals surface area contributed by atoms with Crippen molar-refractivity contribution in [2.75, 3.05) is 0 Å². The van der Waals surface area contributed by atoms with Crippen molar-refractivity contribution in [3.63, 3.8) is 0 Å². The molecule has 1 heterocycles. The second kappa shape index (κ2) is 7.39. The van der Waals surface area contributed by atoms with Crippen molar-refractivity contribution in [2.45, 2.75) is 13.0 Å². The number of hydrazone groups is 1. The molecule has 0 spiro atoms. The average molecular weight is 449 g/mol. The van der Waals surface area contributed by atoms with Crippen LogP contribution in [0, 0.1) is 35.5 Å². The molecule has 3 aromatic carbocycles. The molecule has 5 aliphatic rings. The van der Waals surface area contributed by atoms with Crippen molar-refractivity contribution < 1.29 is 14.3 Å². The van der Waals surface area contributed by atoms with E-state index in [2.05, 4.69) is 41.5 Å². The number of amides is 2. The number of imide groups is 1. The number of carbonyl (C=O) groups excluding carboxylic acids is 2. The standard InChI is InChI=1S/C29H24N2O3/c32-28-26-22-12-13-23(25-14-24(22)25)27(26)29(33)31(28)30-15-17-8-10-20(11-9-17)34-16-19-6-3-5-18-4-1-2-7-21(18)19/h1-13,15,22-27H,14,16H2/b30-15-/t22-,23-,24-,25+,26-,27+/m1/s1. The van der Waals surface area contributed by atoms with E-state index in [0.29, 0.717) is 18.4 Å². The fraction of sp³-hybridized carbons (Fsp3) is 0.276. The Hall–Kier alpha value is -3.73. The fourth-order valence-corrected chi connectivity index (χ4v) is 6.41. The van der Waals surface area contributed by atoms with E-state index in [1.165, 1.54) is 10.8 Å². The van der Waals surface area contributed by atoms with E-state index in [0.717, 1.165) is 28.3 Å². The summed E-state index contributed by atoms with van der Waals surface area (Å²) in [5.74, 6) is 1.69. The molecular weight excluding hydrogens is 424 g/mol. The molecule has 4 aliphatic carbocycles. The van der Waals surface area contributed by atoms with Crippen LogP contribution >= 0.6 is 0 Å². The van der Waals surface area contributed by atoms with Crippen molar-refractivity contribution in [2.24, 2.45) is 40.6 Å². The molecule has 2 amide bonds. The lowest BCUT2D eigenvalue weighted by Gasteiger charge is -2.37. The Morgan fingerprint density at radius 1 is 0.853 bits per heavy atom. The second-order valence-corrected chi connectivity index (χ2v) is 9.88. The number of allylic oxidation sites excluding steroid dienone is 2. The molecule has 8 rings (SSSR count). The third kappa shape index (κ3) is 2.96.